The van der Waals surface area contributed by atoms with Gasteiger partial charge in [-0.05, 0) is 36.5 Å². The summed E-state index contributed by atoms with van der Waals surface area (Å²) in [5.74, 6) is 1.62. The number of hydrogen-bond acceptors (Lipinski definition) is 2. The van der Waals surface area contributed by atoms with E-state index in [1.165, 1.54) is 25.7 Å². The van der Waals surface area contributed by atoms with E-state index in [0.29, 0.717) is 16.9 Å². The average Bonchev–Trinajstić information content (AvgIpc) is 3.05. The molecule has 4 heteroatoms. The molecule has 110 valence electrons. The van der Waals surface area contributed by atoms with Gasteiger partial charge < -0.3 is 4.57 Å². The predicted molar refractivity (Wildman–Crippen MR) is 85.4 cm³/mol. The highest BCUT2D eigenvalue weighted by molar-refractivity contribution is 6.17. The molecule has 0 amide bonds. The van der Waals surface area contributed by atoms with E-state index < -0.39 is 0 Å². The second-order valence-corrected chi connectivity index (χ2v) is 6.76. The molecule has 1 fully saturated rings. The normalized spacial score (nSPS) is 17.2. The zero-order valence-electron chi connectivity index (χ0n) is 12.4. The summed E-state index contributed by atoms with van der Waals surface area (Å²) in [5.41, 5.74) is 3.08. The quantitative estimate of drug-likeness (QED) is 0.791. The molecule has 3 rings (SSSR count). The SMILES string of the molecule is CC1(Cn2c(CCCl)nc3ccc(C#N)cc32)CCCC1. The molecular weight excluding hydrogens is 282 g/mol. The van der Waals surface area contributed by atoms with Crippen molar-refractivity contribution in [3.63, 3.8) is 0 Å². The van der Waals surface area contributed by atoms with Crippen LogP contribution in [0.15, 0.2) is 18.2 Å². The molecule has 0 spiro atoms. The number of fused-ring (bicyclic) bond motifs is 1. The first-order chi connectivity index (χ1) is 10.1. The van der Waals surface area contributed by atoms with E-state index >= 15 is 0 Å². The highest BCUT2D eigenvalue weighted by Gasteiger charge is 2.30. The minimum atomic E-state index is 0.345. The second kappa shape index (κ2) is 5.69. The molecule has 21 heavy (non-hydrogen) atoms. The summed E-state index contributed by atoms with van der Waals surface area (Å²) in [5, 5.41) is 9.13. The van der Waals surface area contributed by atoms with Crippen LogP contribution in [-0.4, -0.2) is 15.4 Å². The number of alkyl halides is 1. The molecular formula is C17H20ClN3. The van der Waals surface area contributed by atoms with E-state index in [0.717, 1.165) is 29.8 Å². The summed E-state index contributed by atoms with van der Waals surface area (Å²) < 4.78 is 2.30. The van der Waals surface area contributed by atoms with E-state index in [-0.39, 0.29) is 0 Å². The van der Waals surface area contributed by atoms with E-state index in [1.54, 1.807) is 0 Å². The van der Waals surface area contributed by atoms with Crippen LogP contribution >= 0.6 is 11.6 Å². The molecule has 0 atom stereocenters. The molecule has 1 heterocycles. The van der Waals surface area contributed by atoms with Gasteiger partial charge in [-0.25, -0.2) is 4.98 Å². The smallest absolute Gasteiger partial charge is 0.111 e. The number of nitriles is 1. The lowest BCUT2D eigenvalue weighted by atomic mass is 9.88. The zero-order valence-corrected chi connectivity index (χ0v) is 13.2. The fraction of sp³-hybridized carbons (Fsp3) is 0.529. The van der Waals surface area contributed by atoms with Gasteiger partial charge in [-0.2, -0.15) is 5.26 Å². The third-order valence-electron chi connectivity index (χ3n) is 4.62. The van der Waals surface area contributed by atoms with Gasteiger partial charge in [0.2, 0.25) is 0 Å². The Hall–Kier alpha value is -1.53. The van der Waals surface area contributed by atoms with Gasteiger partial charge in [0.25, 0.3) is 0 Å². The highest BCUT2D eigenvalue weighted by atomic mass is 35.5. The Labute approximate surface area is 130 Å². The topological polar surface area (TPSA) is 41.6 Å². The van der Waals surface area contributed by atoms with Crippen molar-refractivity contribution >= 4 is 22.6 Å². The molecule has 3 nitrogen and oxygen atoms in total. The van der Waals surface area contributed by atoms with Crippen LogP contribution in [0.1, 0.15) is 44.0 Å². The minimum absolute atomic E-state index is 0.345. The van der Waals surface area contributed by atoms with Gasteiger partial charge in [0, 0.05) is 18.8 Å². The van der Waals surface area contributed by atoms with E-state index in [4.69, 9.17) is 21.8 Å². The Morgan fingerprint density at radius 3 is 2.81 bits per heavy atom. The minimum Gasteiger partial charge on any atom is -0.327 e. The first kappa shape index (κ1) is 14.4. The zero-order chi connectivity index (χ0) is 14.9. The van der Waals surface area contributed by atoms with Crippen LogP contribution in [0.2, 0.25) is 0 Å². The Morgan fingerprint density at radius 1 is 1.38 bits per heavy atom. The number of halogens is 1. The molecule has 0 saturated heterocycles. The van der Waals surface area contributed by atoms with Crippen LogP contribution in [-0.2, 0) is 13.0 Å². The van der Waals surface area contributed by atoms with Gasteiger partial charge in [-0.1, -0.05) is 19.8 Å². The Kier molecular flexibility index (Phi) is 3.91. The molecule has 0 unspecified atom stereocenters. The Balaban J connectivity index is 2.08. The lowest BCUT2D eigenvalue weighted by Crippen LogP contribution is -2.21. The maximum Gasteiger partial charge on any atom is 0.111 e. The van der Waals surface area contributed by atoms with Crippen molar-refractivity contribution in [3.8, 4) is 6.07 Å². The average molecular weight is 302 g/mol. The van der Waals surface area contributed by atoms with E-state index in [1.807, 2.05) is 18.2 Å². The van der Waals surface area contributed by atoms with Crippen molar-refractivity contribution in [2.45, 2.75) is 45.6 Å². The van der Waals surface area contributed by atoms with Crippen molar-refractivity contribution in [2.24, 2.45) is 5.41 Å². The van der Waals surface area contributed by atoms with Gasteiger partial charge in [0.15, 0.2) is 0 Å². The molecule has 0 bridgehead atoms. The largest absolute Gasteiger partial charge is 0.327 e. The highest BCUT2D eigenvalue weighted by Crippen LogP contribution is 2.40. The maximum atomic E-state index is 9.13. The predicted octanol–water partition coefficient (Wildman–Crippen LogP) is 4.27. The number of aryl methyl sites for hydroxylation is 1. The molecule has 0 radical (unpaired) electrons. The number of hydrogen-bond donors (Lipinski definition) is 0. The third kappa shape index (κ3) is 2.78. The van der Waals surface area contributed by atoms with Crippen molar-refractivity contribution in [3.05, 3.63) is 29.6 Å². The summed E-state index contributed by atoms with van der Waals surface area (Å²) in [6.45, 7) is 3.34. The number of imidazole rings is 1. The summed E-state index contributed by atoms with van der Waals surface area (Å²) in [7, 11) is 0. The second-order valence-electron chi connectivity index (χ2n) is 6.39. The Morgan fingerprint density at radius 2 is 2.14 bits per heavy atom. The monoisotopic (exact) mass is 301 g/mol. The molecule has 1 aliphatic carbocycles. The van der Waals surface area contributed by atoms with Gasteiger partial charge in [0.05, 0.1) is 22.7 Å². The van der Waals surface area contributed by atoms with Crippen LogP contribution in [0.25, 0.3) is 11.0 Å². The standard InChI is InChI=1S/C17H20ClN3/c1-17(7-2-3-8-17)12-21-15-10-13(11-19)4-5-14(15)20-16(21)6-9-18/h4-5,10H,2-3,6-9,12H2,1H3. The number of rotatable bonds is 4. The van der Waals surface area contributed by atoms with Crippen molar-refractivity contribution in [1.29, 1.82) is 5.26 Å². The molecule has 0 aliphatic heterocycles. The van der Waals surface area contributed by atoms with Crippen molar-refractivity contribution < 1.29 is 0 Å². The van der Waals surface area contributed by atoms with E-state index in [9.17, 15) is 0 Å². The summed E-state index contributed by atoms with van der Waals surface area (Å²) >= 11 is 5.94. The van der Waals surface area contributed by atoms with Crippen LogP contribution < -0.4 is 0 Å². The Bertz CT molecular complexity index is 690. The summed E-state index contributed by atoms with van der Waals surface area (Å²) in [6.07, 6.45) is 5.94. The summed E-state index contributed by atoms with van der Waals surface area (Å²) in [6, 6.07) is 7.96. The van der Waals surface area contributed by atoms with Gasteiger partial charge in [-0.3, -0.25) is 0 Å². The molecule has 1 aliphatic rings. The third-order valence-corrected chi connectivity index (χ3v) is 4.81. The molecule has 1 saturated carbocycles. The van der Waals surface area contributed by atoms with Crippen LogP contribution in [0, 0.1) is 16.7 Å². The van der Waals surface area contributed by atoms with Crippen LogP contribution in [0.5, 0.6) is 0 Å². The fourth-order valence-corrected chi connectivity index (χ4v) is 3.63. The van der Waals surface area contributed by atoms with Crippen molar-refractivity contribution in [2.75, 3.05) is 5.88 Å². The fourth-order valence-electron chi connectivity index (χ4n) is 3.46. The lowest BCUT2D eigenvalue weighted by molar-refractivity contribution is 0.282. The maximum absolute atomic E-state index is 9.13. The number of nitrogens with zero attached hydrogens (tertiary/aromatic N) is 3. The molecule has 2 aromatic rings. The lowest BCUT2D eigenvalue weighted by Gasteiger charge is -2.25. The van der Waals surface area contributed by atoms with Gasteiger partial charge >= 0.3 is 0 Å². The first-order valence-electron chi connectivity index (χ1n) is 7.60. The van der Waals surface area contributed by atoms with Crippen LogP contribution in [0.4, 0.5) is 0 Å². The summed E-state index contributed by atoms with van der Waals surface area (Å²) in [4.78, 5) is 4.72. The molecule has 0 N–H and O–H groups in total. The van der Waals surface area contributed by atoms with Crippen molar-refractivity contribution in [1.82, 2.24) is 9.55 Å². The first-order valence-corrected chi connectivity index (χ1v) is 8.14. The molecule has 1 aromatic heterocycles. The molecule has 1 aromatic carbocycles. The number of aromatic nitrogens is 2. The van der Waals surface area contributed by atoms with Gasteiger partial charge in [0.1, 0.15) is 5.82 Å². The van der Waals surface area contributed by atoms with Crippen LogP contribution in [0.3, 0.4) is 0 Å². The van der Waals surface area contributed by atoms with E-state index in [2.05, 4.69) is 17.6 Å². The number of benzene rings is 1. The van der Waals surface area contributed by atoms with Gasteiger partial charge in [-0.15, -0.1) is 11.6 Å².